The molecule has 5 nitrogen and oxygen atoms in total. The largest absolute Gasteiger partial charge is 0.386 e. The zero-order valence-electron chi connectivity index (χ0n) is 11.2. The van der Waals surface area contributed by atoms with Crippen molar-refractivity contribution in [3.63, 3.8) is 0 Å². The number of nitrogens with zero attached hydrogens (tertiary/aromatic N) is 2. The minimum Gasteiger partial charge on any atom is -0.386 e. The van der Waals surface area contributed by atoms with Gasteiger partial charge in [0.2, 0.25) is 5.91 Å². The lowest BCUT2D eigenvalue weighted by Gasteiger charge is -2.14. The summed E-state index contributed by atoms with van der Waals surface area (Å²) in [4.78, 5) is 11.6. The van der Waals surface area contributed by atoms with Gasteiger partial charge in [-0.15, -0.1) is 0 Å². The van der Waals surface area contributed by atoms with Crippen LogP contribution in [0.4, 0.5) is 8.78 Å². The van der Waals surface area contributed by atoms with E-state index >= 15 is 0 Å². The zero-order chi connectivity index (χ0) is 15.2. The third-order valence-electron chi connectivity index (χ3n) is 2.95. The third-order valence-corrected chi connectivity index (χ3v) is 2.95. The number of nitrogens with one attached hydrogen (secondary N) is 1. The van der Waals surface area contributed by atoms with Crippen molar-refractivity contribution >= 4 is 5.91 Å². The van der Waals surface area contributed by atoms with E-state index in [9.17, 15) is 18.7 Å². The minimum absolute atomic E-state index is 0.161. The fraction of sp³-hybridized carbons (Fsp3) is 0.286. The van der Waals surface area contributed by atoms with Crippen LogP contribution in [0.5, 0.6) is 0 Å². The summed E-state index contributed by atoms with van der Waals surface area (Å²) in [6.45, 7) is 0.138. The molecule has 1 unspecified atom stereocenters. The fourth-order valence-corrected chi connectivity index (χ4v) is 1.88. The first-order chi connectivity index (χ1) is 10.1. The topological polar surface area (TPSA) is 67.2 Å². The summed E-state index contributed by atoms with van der Waals surface area (Å²) in [5, 5.41) is 16.1. The van der Waals surface area contributed by atoms with Crippen molar-refractivity contribution in [1.29, 1.82) is 0 Å². The molecule has 2 aromatic rings. The lowest BCUT2D eigenvalue weighted by atomic mass is 10.1. The molecule has 0 radical (unpaired) electrons. The molecule has 21 heavy (non-hydrogen) atoms. The van der Waals surface area contributed by atoms with E-state index in [4.69, 9.17) is 0 Å². The molecule has 0 aliphatic rings. The quantitative estimate of drug-likeness (QED) is 0.846. The van der Waals surface area contributed by atoms with E-state index in [1.165, 1.54) is 6.07 Å². The molecule has 0 spiro atoms. The van der Waals surface area contributed by atoms with Gasteiger partial charge in [0.1, 0.15) is 17.7 Å². The standard InChI is InChI=1S/C14H15F2N3O2/c15-10-3-1-4-11(16)14(10)12(20)9-17-13(21)5-8-19-7-2-6-18-19/h1-4,6-7,12,20H,5,8-9H2,(H,17,21). The number of aryl methyl sites for hydroxylation is 1. The molecule has 0 saturated carbocycles. The second-order valence-electron chi connectivity index (χ2n) is 4.47. The Balaban J connectivity index is 1.83. The Kier molecular flexibility index (Phi) is 4.99. The van der Waals surface area contributed by atoms with Gasteiger partial charge in [0.15, 0.2) is 0 Å². The van der Waals surface area contributed by atoms with Gasteiger partial charge in [-0.05, 0) is 18.2 Å². The summed E-state index contributed by atoms with van der Waals surface area (Å²) in [5.74, 6) is -2.01. The first-order valence-electron chi connectivity index (χ1n) is 6.44. The number of hydrogen-bond donors (Lipinski definition) is 2. The molecule has 0 bridgehead atoms. The van der Waals surface area contributed by atoms with Crippen LogP contribution < -0.4 is 5.32 Å². The highest BCUT2D eigenvalue weighted by Crippen LogP contribution is 2.19. The second-order valence-corrected chi connectivity index (χ2v) is 4.47. The van der Waals surface area contributed by atoms with Gasteiger partial charge >= 0.3 is 0 Å². The maximum absolute atomic E-state index is 13.4. The number of halogens is 2. The van der Waals surface area contributed by atoms with Crippen molar-refractivity contribution in [2.24, 2.45) is 0 Å². The van der Waals surface area contributed by atoms with Crippen LogP contribution in [0.1, 0.15) is 18.1 Å². The van der Waals surface area contributed by atoms with E-state index in [-0.39, 0.29) is 18.9 Å². The predicted molar refractivity (Wildman–Crippen MR) is 71.2 cm³/mol. The molecule has 1 heterocycles. The normalized spacial score (nSPS) is 12.1. The van der Waals surface area contributed by atoms with E-state index in [2.05, 4.69) is 10.4 Å². The SMILES string of the molecule is O=C(CCn1cccn1)NCC(O)c1c(F)cccc1F. The molecule has 7 heteroatoms. The Morgan fingerprint density at radius 2 is 2.05 bits per heavy atom. The summed E-state index contributed by atoms with van der Waals surface area (Å²) in [5.41, 5.74) is -0.440. The van der Waals surface area contributed by atoms with Gasteiger partial charge in [-0.1, -0.05) is 6.07 Å². The lowest BCUT2D eigenvalue weighted by Crippen LogP contribution is -2.29. The van der Waals surface area contributed by atoms with Crippen molar-refractivity contribution in [2.75, 3.05) is 6.54 Å². The molecular formula is C14H15F2N3O2. The van der Waals surface area contributed by atoms with Crippen LogP contribution in [0, 0.1) is 11.6 Å². The molecule has 1 aromatic carbocycles. The molecule has 2 N–H and O–H groups in total. The number of carbonyl (C=O) groups excluding carboxylic acids is 1. The Bertz CT molecular complexity index is 582. The van der Waals surface area contributed by atoms with E-state index in [1.807, 2.05) is 0 Å². The van der Waals surface area contributed by atoms with Crippen molar-refractivity contribution in [2.45, 2.75) is 19.1 Å². The highest BCUT2D eigenvalue weighted by molar-refractivity contribution is 5.75. The summed E-state index contributed by atoms with van der Waals surface area (Å²) < 4.78 is 28.5. The lowest BCUT2D eigenvalue weighted by molar-refractivity contribution is -0.121. The molecule has 2 rings (SSSR count). The summed E-state index contributed by atoms with van der Waals surface area (Å²) in [6.07, 6.45) is 2.05. The summed E-state index contributed by atoms with van der Waals surface area (Å²) in [7, 11) is 0. The molecule has 112 valence electrons. The summed E-state index contributed by atoms with van der Waals surface area (Å²) in [6, 6.07) is 5.06. The molecule has 1 aromatic heterocycles. The summed E-state index contributed by atoms with van der Waals surface area (Å²) >= 11 is 0. The first kappa shape index (κ1) is 15.1. The highest BCUT2D eigenvalue weighted by Gasteiger charge is 2.18. The van der Waals surface area contributed by atoms with E-state index in [1.54, 1.807) is 23.1 Å². The number of aliphatic hydroxyl groups excluding tert-OH is 1. The van der Waals surface area contributed by atoms with E-state index in [0.29, 0.717) is 6.54 Å². The molecule has 0 fully saturated rings. The van der Waals surface area contributed by atoms with Gasteiger partial charge in [-0.2, -0.15) is 5.10 Å². The fourth-order valence-electron chi connectivity index (χ4n) is 1.88. The van der Waals surface area contributed by atoms with Crippen molar-refractivity contribution < 1.29 is 18.7 Å². The van der Waals surface area contributed by atoms with Crippen LogP contribution in [-0.2, 0) is 11.3 Å². The Labute approximate surface area is 120 Å². The van der Waals surface area contributed by atoms with Crippen LogP contribution in [0.2, 0.25) is 0 Å². The van der Waals surface area contributed by atoms with Crippen molar-refractivity contribution in [1.82, 2.24) is 15.1 Å². The molecular weight excluding hydrogens is 280 g/mol. The maximum atomic E-state index is 13.4. The van der Waals surface area contributed by atoms with Crippen LogP contribution in [0.15, 0.2) is 36.7 Å². The monoisotopic (exact) mass is 295 g/mol. The molecule has 0 saturated heterocycles. The highest BCUT2D eigenvalue weighted by atomic mass is 19.1. The number of aromatic nitrogens is 2. The van der Waals surface area contributed by atoms with Crippen molar-refractivity contribution in [3.05, 3.63) is 53.9 Å². The number of benzene rings is 1. The van der Waals surface area contributed by atoms with Gasteiger partial charge in [-0.25, -0.2) is 8.78 Å². The van der Waals surface area contributed by atoms with Crippen LogP contribution in [-0.4, -0.2) is 27.3 Å². The Hall–Kier alpha value is -2.28. The van der Waals surface area contributed by atoms with Crippen LogP contribution in [0.3, 0.4) is 0 Å². The number of carbonyl (C=O) groups is 1. The molecule has 1 atom stereocenters. The average molecular weight is 295 g/mol. The molecule has 1 amide bonds. The number of aliphatic hydroxyl groups is 1. The number of amides is 1. The van der Waals surface area contributed by atoms with Crippen LogP contribution in [0.25, 0.3) is 0 Å². The molecule has 0 aliphatic heterocycles. The number of rotatable bonds is 6. The smallest absolute Gasteiger partial charge is 0.221 e. The third kappa shape index (κ3) is 4.09. The van der Waals surface area contributed by atoms with Gasteiger partial charge in [0, 0.05) is 31.9 Å². The van der Waals surface area contributed by atoms with Crippen molar-refractivity contribution in [3.8, 4) is 0 Å². The Morgan fingerprint density at radius 3 is 2.67 bits per heavy atom. The van der Waals surface area contributed by atoms with Crippen LogP contribution >= 0.6 is 0 Å². The average Bonchev–Trinajstić information content (AvgIpc) is 2.96. The van der Waals surface area contributed by atoms with Gasteiger partial charge in [0.05, 0.1) is 5.56 Å². The number of hydrogen-bond acceptors (Lipinski definition) is 3. The second kappa shape index (κ2) is 6.94. The van der Waals surface area contributed by atoms with Gasteiger partial charge in [-0.3, -0.25) is 9.48 Å². The minimum atomic E-state index is -1.43. The van der Waals surface area contributed by atoms with Gasteiger partial charge in [0.25, 0.3) is 0 Å². The van der Waals surface area contributed by atoms with E-state index < -0.39 is 23.3 Å². The maximum Gasteiger partial charge on any atom is 0.221 e. The first-order valence-corrected chi connectivity index (χ1v) is 6.44. The van der Waals surface area contributed by atoms with E-state index in [0.717, 1.165) is 12.1 Å². The molecule has 0 aliphatic carbocycles. The predicted octanol–water partition coefficient (Wildman–Crippen LogP) is 1.40. The Morgan fingerprint density at radius 1 is 1.33 bits per heavy atom. The zero-order valence-corrected chi connectivity index (χ0v) is 11.2. The van der Waals surface area contributed by atoms with Gasteiger partial charge < -0.3 is 10.4 Å².